The van der Waals surface area contributed by atoms with E-state index in [4.69, 9.17) is 14.2 Å². The number of aromatic nitrogens is 2. The smallest absolute Gasteiger partial charge is 0.318 e. The number of rotatable bonds is 8. The normalized spacial score (nSPS) is 10.3. The van der Waals surface area contributed by atoms with Crippen LogP contribution in [0, 0.1) is 5.82 Å². The molecule has 0 aliphatic heterocycles. The van der Waals surface area contributed by atoms with Gasteiger partial charge in [-0.1, -0.05) is 24.3 Å². The Kier molecular flexibility index (Phi) is 6.04. The molecule has 0 saturated heterocycles. The van der Waals surface area contributed by atoms with Gasteiger partial charge >= 0.3 is 6.01 Å². The van der Waals surface area contributed by atoms with Gasteiger partial charge in [-0.15, -0.1) is 0 Å². The van der Waals surface area contributed by atoms with Gasteiger partial charge in [0.15, 0.2) is 11.6 Å². The predicted octanol–water partition coefficient (Wildman–Crippen LogP) is 3.82. The van der Waals surface area contributed by atoms with Crippen LogP contribution in [0.3, 0.4) is 0 Å². The van der Waals surface area contributed by atoms with Crippen molar-refractivity contribution in [1.82, 2.24) is 9.97 Å². The van der Waals surface area contributed by atoms with Gasteiger partial charge in [0.2, 0.25) is 0 Å². The third kappa shape index (κ3) is 5.07. The van der Waals surface area contributed by atoms with Crippen LogP contribution in [-0.2, 0) is 13.2 Å². The van der Waals surface area contributed by atoms with Crippen LogP contribution in [0.1, 0.15) is 11.1 Å². The largest absolute Gasteiger partial charge is 0.497 e. The third-order valence-corrected chi connectivity index (χ3v) is 3.84. The predicted molar refractivity (Wildman–Crippen MR) is 99.6 cm³/mol. The van der Waals surface area contributed by atoms with Gasteiger partial charge in [0.05, 0.1) is 20.4 Å². The summed E-state index contributed by atoms with van der Waals surface area (Å²) in [4.78, 5) is 7.98. The zero-order valence-corrected chi connectivity index (χ0v) is 15.1. The highest BCUT2D eigenvalue weighted by Crippen LogP contribution is 2.18. The van der Waals surface area contributed by atoms with Crippen molar-refractivity contribution in [1.29, 1.82) is 0 Å². The first-order chi connectivity index (χ1) is 13.2. The van der Waals surface area contributed by atoms with E-state index in [2.05, 4.69) is 15.3 Å². The van der Waals surface area contributed by atoms with Gasteiger partial charge in [0.1, 0.15) is 18.1 Å². The molecule has 0 saturated carbocycles. The standard InChI is InChI=1S/C20H20FN3O3/c1-25-16-8-6-14(7-9-16)11-22-19-18(21)12-23-20(24-19)27-13-15-4-3-5-17(10-15)26-2/h3-10,12H,11,13H2,1-2H3,(H,22,23,24). The SMILES string of the molecule is COc1ccc(CNc2nc(OCc3cccc(OC)c3)ncc2F)cc1. The fraction of sp³-hybridized carbons (Fsp3) is 0.200. The van der Waals surface area contributed by atoms with Gasteiger partial charge in [0, 0.05) is 6.54 Å². The number of nitrogens with one attached hydrogen (secondary N) is 1. The lowest BCUT2D eigenvalue weighted by molar-refractivity contribution is 0.279. The number of hydrogen-bond donors (Lipinski definition) is 1. The molecule has 140 valence electrons. The summed E-state index contributed by atoms with van der Waals surface area (Å²) in [5, 5.41) is 2.96. The second-order valence-electron chi connectivity index (χ2n) is 5.69. The summed E-state index contributed by atoms with van der Waals surface area (Å²) in [5.74, 6) is 1.04. The monoisotopic (exact) mass is 369 g/mol. The zero-order chi connectivity index (χ0) is 19.1. The Bertz CT molecular complexity index is 888. The van der Waals surface area contributed by atoms with E-state index < -0.39 is 5.82 Å². The summed E-state index contributed by atoms with van der Waals surface area (Å²) in [6.07, 6.45) is 1.09. The van der Waals surface area contributed by atoms with Crippen LogP contribution in [0.25, 0.3) is 0 Å². The molecule has 0 aliphatic rings. The summed E-state index contributed by atoms with van der Waals surface area (Å²) in [7, 11) is 3.21. The van der Waals surface area contributed by atoms with Gasteiger partial charge in [-0.05, 0) is 35.4 Å². The number of benzene rings is 2. The lowest BCUT2D eigenvalue weighted by Crippen LogP contribution is -2.07. The quantitative estimate of drug-likeness (QED) is 0.651. The molecule has 0 aliphatic carbocycles. The molecular weight excluding hydrogens is 349 g/mol. The molecule has 0 spiro atoms. The zero-order valence-electron chi connectivity index (χ0n) is 15.1. The van der Waals surface area contributed by atoms with Crippen molar-refractivity contribution >= 4 is 5.82 Å². The van der Waals surface area contributed by atoms with Crippen molar-refractivity contribution < 1.29 is 18.6 Å². The van der Waals surface area contributed by atoms with Crippen molar-refractivity contribution in [3.63, 3.8) is 0 Å². The summed E-state index contributed by atoms with van der Waals surface area (Å²) < 4.78 is 29.8. The van der Waals surface area contributed by atoms with E-state index in [9.17, 15) is 4.39 Å². The summed E-state index contributed by atoms with van der Waals surface area (Å²) in [5.41, 5.74) is 1.86. The van der Waals surface area contributed by atoms with E-state index in [0.717, 1.165) is 28.8 Å². The van der Waals surface area contributed by atoms with Crippen molar-refractivity contribution in [2.75, 3.05) is 19.5 Å². The molecule has 27 heavy (non-hydrogen) atoms. The van der Waals surface area contributed by atoms with Gasteiger partial charge in [-0.25, -0.2) is 9.37 Å². The molecule has 1 aromatic heterocycles. The second kappa shape index (κ2) is 8.84. The molecule has 3 aromatic rings. The number of hydrogen-bond acceptors (Lipinski definition) is 6. The van der Waals surface area contributed by atoms with Crippen LogP contribution in [0.15, 0.2) is 54.7 Å². The molecule has 0 unspecified atom stereocenters. The van der Waals surface area contributed by atoms with Crippen LogP contribution < -0.4 is 19.5 Å². The topological polar surface area (TPSA) is 65.5 Å². The minimum Gasteiger partial charge on any atom is -0.497 e. The molecule has 6 nitrogen and oxygen atoms in total. The van der Waals surface area contributed by atoms with E-state index in [1.54, 1.807) is 14.2 Å². The third-order valence-electron chi connectivity index (χ3n) is 3.84. The van der Waals surface area contributed by atoms with Gasteiger partial charge < -0.3 is 19.5 Å². The summed E-state index contributed by atoms with van der Waals surface area (Å²) >= 11 is 0. The number of nitrogens with zero attached hydrogens (tertiary/aromatic N) is 2. The Morgan fingerprint density at radius 2 is 1.74 bits per heavy atom. The average molecular weight is 369 g/mol. The fourth-order valence-corrected chi connectivity index (χ4v) is 2.38. The summed E-state index contributed by atoms with van der Waals surface area (Å²) in [6, 6.07) is 15.0. The van der Waals surface area contributed by atoms with E-state index in [0.29, 0.717) is 6.54 Å². The van der Waals surface area contributed by atoms with Crippen molar-refractivity contribution in [3.05, 3.63) is 71.7 Å². The first-order valence-corrected chi connectivity index (χ1v) is 8.33. The highest BCUT2D eigenvalue weighted by atomic mass is 19.1. The molecule has 0 bridgehead atoms. The maximum Gasteiger partial charge on any atom is 0.318 e. The molecule has 1 N–H and O–H groups in total. The van der Waals surface area contributed by atoms with Crippen molar-refractivity contribution in [3.8, 4) is 17.5 Å². The van der Waals surface area contributed by atoms with Crippen molar-refractivity contribution in [2.45, 2.75) is 13.2 Å². The van der Waals surface area contributed by atoms with Gasteiger partial charge in [-0.3, -0.25) is 0 Å². The highest BCUT2D eigenvalue weighted by Gasteiger charge is 2.08. The van der Waals surface area contributed by atoms with E-state index in [1.165, 1.54) is 0 Å². The van der Waals surface area contributed by atoms with Gasteiger partial charge in [0.25, 0.3) is 0 Å². The molecule has 7 heteroatoms. The maximum absolute atomic E-state index is 14.0. The molecule has 3 rings (SSSR count). The van der Waals surface area contributed by atoms with Crippen LogP contribution in [0.4, 0.5) is 10.2 Å². The second-order valence-corrected chi connectivity index (χ2v) is 5.69. The Balaban J connectivity index is 1.62. The number of anilines is 1. The van der Waals surface area contributed by atoms with Crippen LogP contribution in [-0.4, -0.2) is 24.2 Å². The average Bonchev–Trinajstić information content (AvgIpc) is 2.72. The minimum absolute atomic E-state index is 0.0847. The van der Waals surface area contributed by atoms with E-state index in [-0.39, 0.29) is 18.4 Å². The Morgan fingerprint density at radius 3 is 2.48 bits per heavy atom. The summed E-state index contributed by atoms with van der Waals surface area (Å²) in [6.45, 7) is 0.661. The Labute approximate surface area is 157 Å². The molecule has 0 radical (unpaired) electrons. The van der Waals surface area contributed by atoms with Crippen LogP contribution >= 0.6 is 0 Å². The van der Waals surface area contributed by atoms with Crippen LogP contribution in [0.2, 0.25) is 0 Å². The number of halogens is 1. The molecular formula is C20H20FN3O3. The molecule has 2 aromatic carbocycles. The first kappa shape index (κ1) is 18.4. The lowest BCUT2D eigenvalue weighted by atomic mass is 10.2. The van der Waals surface area contributed by atoms with Gasteiger partial charge in [-0.2, -0.15) is 4.98 Å². The van der Waals surface area contributed by atoms with Crippen molar-refractivity contribution in [2.24, 2.45) is 0 Å². The number of methoxy groups -OCH3 is 2. The molecule has 0 atom stereocenters. The molecule has 0 fully saturated rings. The Hall–Kier alpha value is -3.35. The molecule has 1 heterocycles. The maximum atomic E-state index is 14.0. The number of ether oxygens (including phenoxy) is 3. The minimum atomic E-state index is -0.544. The highest BCUT2D eigenvalue weighted by molar-refractivity contribution is 5.38. The lowest BCUT2D eigenvalue weighted by Gasteiger charge is -2.10. The molecule has 0 amide bonds. The fourth-order valence-electron chi connectivity index (χ4n) is 2.38. The first-order valence-electron chi connectivity index (χ1n) is 8.33. The van der Waals surface area contributed by atoms with Crippen LogP contribution in [0.5, 0.6) is 17.5 Å². The van der Waals surface area contributed by atoms with E-state index in [1.807, 2.05) is 48.5 Å². The Morgan fingerprint density at radius 1 is 0.963 bits per heavy atom. The van der Waals surface area contributed by atoms with E-state index >= 15 is 0 Å².